The summed E-state index contributed by atoms with van der Waals surface area (Å²) in [6.45, 7) is 10.6. The van der Waals surface area contributed by atoms with Gasteiger partial charge >= 0.3 is 5.97 Å². The van der Waals surface area contributed by atoms with Crippen molar-refractivity contribution in [1.82, 2.24) is 5.32 Å². The third-order valence-corrected chi connectivity index (χ3v) is 4.92. The van der Waals surface area contributed by atoms with E-state index in [0.29, 0.717) is 11.8 Å². The Labute approximate surface area is 138 Å². The molecule has 1 fully saturated rings. The van der Waals surface area contributed by atoms with Gasteiger partial charge in [-0.1, -0.05) is 6.92 Å². The van der Waals surface area contributed by atoms with Gasteiger partial charge in [0.2, 0.25) is 0 Å². The molecule has 5 heteroatoms. The van der Waals surface area contributed by atoms with Gasteiger partial charge in [0.1, 0.15) is 22.9 Å². The molecule has 4 unspecified atom stereocenters. The Morgan fingerprint density at radius 1 is 1.43 bits per heavy atom. The Morgan fingerprint density at radius 2 is 2.17 bits per heavy atom. The van der Waals surface area contributed by atoms with Gasteiger partial charge in [0, 0.05) is 6.92 Å². The molecule has 0 aromatic carbocycles. The summed E-state index contributed by atoms with van der Waals surface area (Å²) in [5.41, 5.74) is -0.737. The number of hydrogen-bond donors (Lipinski definition) is 1. The molecule has 3 aliphatic rings. The van der Waals surface area contributed by atoms with Crippen molar-refractivity contribution in [3.8, 4) is 0 Å². The number of aliphatic imine (C=N–C) groups is 1. The van der Waals surface area contributed by atoms with Crippen molar-refractivity contribution >= 4 is 11.9 Å². The second kappa shape index (κ2) is 5.62. The van der Waals surface area contributed by atoms with Crippen LogP contribution in [-0.2, 0) is 14.3 Å². The van der Waals surface area contributed by atoms with Crippen molar-refractivity contribution in [2.24, 2.45) is 16.8 Å². The van der Waals surface area contributed by atoms with Crippen LogP contribution in [0.25, 0.3) is 0 Å². The van der Waals surface area contributed by atoms with Crippen molar-refractivity contribution < 1.29 is 14.3 Å². The summed E-state index contributed by atoms with van der Waals surface area (Å²) in [5.74, 6) is 2.33. The number of carbonyl (C=O) groups is 1. The molecule has 2 aliphatic heterocycles. The minimum Gasteiger partial charge on any atom is -0.459 e. The van der Waals surface area contributed by atoms with Crippen LogP contribution in [0.4, 0.5) is 0 Å². The van der Waals surface area contributed by atoms with Crippen LogP contribution < -0.4 is 5.32 Å². The smallest absolute Gasteiger partial charge is 0.323 e. The maximum absolute atomic E-state index is 12.5. The molecule has 1 N–H and O–H groups in total. The van der Waals surface area contributed by atoms with Gasteiger partial charge in [-0.3, -0.25) is 4.79 Å². The Hall–Kier alpha value is -1.36. The van der Waals surface area contributed by atoms with Gasteiger partial charge in [-0.05, 0) is 64.5 Å². The van der Waals surface area contributed by atoms with Crippen molar-refractivity contribution in [2.45, 2.75) is 71.1 Å². The number of allylic oxidation sites excluding steroid dienone is 1. The molecule has 3 rings (SSSR count). The van der Waals surface area contributed by atoms with Gasteiger partial charge in [-0.25, -0.2) is 4.99 Å². The summed E-state index contributed by atoms with van der Waals surface area (Å²) in [5, 5.41) is 3.37. The van der Waals surface area contributed by atoms with Crippen molar-refractivity contribution in [3.05, 3.63) is 11.8 Å². The summed E-state index contributed by atoms with van der Waals surface area (Å²) in [6.07, 6.45) is 4.86. The van der Waals surface area contributed by atoms with Gasteiger partial charge in [0.25, 0.3) is 0 Å². The zero-order chi connectivity index (χ0) is 16.8. The molecule has 0 radical (unpaired) electrons. The average Bonchev–Trinajstić information content (AvgIpc) is 2.60. The SMILES string of the molecule is CC1=NC23CCNC(C(=O)OC(C)(C)C)CC2CC(C)C=C3O1. The van der Waals surface area contributed by atoms with Crippen LogP contribution in [0.3, 0.4) is 0 Å². The predicted molar refractivity (Wildman–Crippen MR) is 89.1 cm³/mol. The highest BCUT2D eigenvalue weighted by Gasteiger charge is 2.52. The standard InChI is InChI=1S/C18H28N2O3/c1-11-8-13-10-14(16(21)23-17(3,4)5)19-7-6-18(13)15(9-11)22-12(2)20-18/h9,11,13-14,19H,6-8,10H2,1-5H3. The van der Waals surface area contributed by atoms with E-state index in [0.717, 1.165) is 37.5 Å². The van der Waals surface area contributed by atoms with E-state index < -0.39 is 5.60 Å². The topological polar surface area (TPSA) is 59.9 Å². The fourth-order valence-electron chi connectivity index (χ4n) is 4.08. The zero-order valence-electron chi connectivity index (χ0n) is 14.8. The van der Waals surface area contributed by atoms with E-state index >= 15 is 0 Å². The number of carbonyl (C=O) groups excluding carboxylic acids is 1. The lowest BCUT2D eigenvalue weighted by Crippen LogP contribution is -2.43. The molecule has 23 heavy (non-hydrogen) atoms. The van der Waals surface area contributed by atoms with E-state index in [1.165, 1.54) is 0 Å². The second-order valence-electron chi connectivity index (χ2n) is 8.12. The number of esters is 1. The first-order chi connectivity index (χ1) is 10.7. The number of rotatable bonds is 1. The van der Waals surface area contributed by atoms with Crippen LogP contribution in [0.2, 0.25) is 0 Å². The summed E-state index contributed by atoms with van der Waals surface area (Å²) in [4.78, 5) is 17.4. The maximum atomic E-state index is 12.5. The minimum atomic E-state index is -0.459. The monoisotopic (exact) mass is 320 g/mol. The van der Waals surface area contributed by atoms with E-state index in [1.54, 1.807) is 0 Å². The molecule has 0 saturated carbocycles. The lowest BCUT2D eigenvalue weighted by Gasteiger charge is -2.38. The van der Waals surface area contributed by atoms with E-state index in [4.69, 9.17) is 14.5 Å². The lowest BCUT2D eigenvalue weighted by atomic mass is 9.69. The third kappa shape index (κ3) is 3.16. The minimum absolute atomic E-state index is 0.155. The molecular weight excluding hydrogens is 292 g/mol. The van der Waals surface area contributed by atoms with Crippen LogP contribution in [-0.4, -0.2) is 35.6 Å². The molecule has 1 aliphatic carbocycles. The summed E-state index contributed by atoms with van der Waals surface area (Å²) >= 11 is 0. The fourth-order valence-corrected chi connectivity index (χ4v) is 4.08. The van der Waals surface area contributed by atoms with E-state index in [-0.39, 0.29) is 17.6 Å². The van der Waals surface area contributed by atoms with Crippen LogP contribution in [0.15, 0.2) is 16.8 Å². The first-order valence-electron chi connectivity index (χ1n) is 8.62. The molecule has 0 aromatic rings. The number of nitrogens with zero attached hydrogens (tertiary/aromatic N) is 1. The van der Waals surface area contributed by atoms with E-state index in [1.807, 2.05) is 27.7 Å². The highest BCUT2D eigenvalue weighted by atomic mass is 16.6. The Bertz CT molecular complexity index is 561. The molecular formula is C18H28N2O3. The largest absolute Gasteiger partial charge is 0.459 e. The quantitative estimate of drug-likeness (QED) is 0.755. The van der Waals surface area contributed by atoms with Crippen LogP contribution >= 0.6 is 0 Å². The average molecular weight is 320 g/mol. The molecule has 2 heterocycles. The Morgan fingerprint density at radius 3 is 2.87 bits per heavy atom. The van der Waals surface area contributed by atoms with Gasteiger partial charge in [-0.2, -0.15) is 0 Å². The van der Waals surface area contributed by atoms with E-state index in [9.17, 15) is 4.79 Å². The molecule has 0 amide bonds. The van der Waals surface area contributed by atoms with Crippen molar-refractivity contribution in [2.75, 3.05) is 6.54 Å². The summed E-state index contributed by atoms with van der Waals surface area (Å²) in [7, 11) is 0. The van der Waals surface area contributed by atoms with Gasteiger partial charge < -0.3 is 14.8 Å². The molecule has 1 saturated heterocycles. The third-order valence-electron chi connectivity index (χ3n) is 4.92. The number of nitrogens with one attached hydrogen (secondary N) is 1. The van der Waals surface area contributed by atoms with Gasteiger partial charge in [0.05, 0.1) is 0 Å². The zero-order valence-corrected chi connectivity index (χ0v) is 14.8. The second-order valence-corrected chi connectivity index (χ2v) is 8.12. The molecule has 128 valence electrons. The number of hydrogen-bond acceptors (Lipinski definition) is 5. The van der Waals surface area contributed by atoms with E-state index in [2.05, 4.69) is 18.3 Å². The van der Waals surface area contributed by atoms with Crippen molar-refractivity contribution in [1.29, 1.82) is 0 Å². The first kappa shape index (κ1) is 16.5. The Kier molecular flexibility index (Phi) is 4.03. The summed E-state index contributed by atoms with van der Waals surface area (Å²) < 4.78 is 11.5. The highest BCUT2D eigenvalue weighted by Crippen LogP contribution is 2.48. The van der Waals surface area contributed by atoms with Crippen molar-refractivity contribution in [3.63, 3.8) is 0 Å². The van der Waals surface area contributed by atoms with Gasteiger partial charge in [-0.15, -0.1) is 0 Å². The lowest BCUT2D eigenvalue weighted by molar-refractivity contribution is -0.157. The Balaban J connectivity index is 1.84. The number of ether oxygens (including phenoxy) is 2. The fraction of sp³-hybridized carbons (Fsp3) is 0.778. The highest BCUT2D eigenvalue weighted by molar-refractivity contribution is 5.79. The van der Waals surface area contributed by atoms with Crippen LogP contribution in [0.5, 0.6) is 0 Å². The predicted octanol–water partition coefficient (Wildman–Crippen LogP) is 2.81. The van der Waals surface area contributed by atoms with Gasteiger partial charge in [0.15, 0.2) is 5.90 Å². The normalized spacial score (nSPS) is 36.8. The molecule has 0 aromatic heterocycles. The van der Waals surface area contributed by atoms with Crippen LogP contribution in [0, 0.1) is 11.8 Å². The maximum Gasteiger partial charge on any atom is 0.323 e. The molecule has 4 atom stereocenters. The first-order valence-corrected chi connectivity index (χ1v) is 8.62. The summed E-state index contributed by atoms with van der Waals surface area (Å²) in [6, 6.07) is -0.263. The molecule has 1 spiro atoms. The molecule has 0 bridgehead atoms. The van der Waals surface area contributed by atoms with Crippen LogP contribution in [0.1, 0.15) is 53.9 Å². The molecule has 5 nitrogen and oxygen atoms in total.